The first-order valence-electron chi connectivity index (χ1n) is 6.38. The third-order valence-corrected chi connectivity index (χ3v) is 2.89. The number of nitrogens with one attached hydrogen (secondary N) is 1. The molecule has 104 valence electrons. The number of carboxylic acids is 1. The quantitative estimate of drug-likeness (QED) is 0.719. The molecule has 0 aromatic rings. The third-order valence-electron chi connectivity index (χ3n) is 2.89. The highest BCUT2D eigenvalue weighted by Gasteiger charge is 2.27. The fraction of sp³-hybridized carbons (Fsp3) is 0.833. The number of carbonyl (C=O) groups is 2. The third kappa shape index (κ3) is 4.91. The summed E-state index contributed by atoms with van der Waals surface area (Å²) in [6.45, 7) is 5.71. The number of likely N-dealkylation sites (tertiary alicyclic amines) is 1. The Morgan fingerprint density at radius 2 is 2.22 bits per heavy atom. The molecular weight excluding hydrogens is 236 g/mol. The Hall–Kier alpha value is -1.30. The highest BCUT2D eigenvalue weighted by atomic mass is 16.5. The van der Waals surface area contributed by atoms with Crippen molar-refractivity contribution >= 4 is 12.0 Å². The Kier molecular flexibility index (Phi) is 5.91. The van der Waals surface area contributed by atoms with Crippen molar-refractivity contribution in [2.45, 2.75) is 32.8 Å². The van der Waals surface area contributed by atoms with Crippen LogP contribution in [0.25, 0.3) is 0 Å². The van der Waals surface area contributed by atoms with Crippen LogP contribution in [0, 0.1) is 5.92 Å². The molecule has 0 aromatic carbocycles. The van der Waals surface area contributed by atoms with Crippen molar-refractivity contribution in [3.63, 3.8) is 0 Å². The minimum atomic E-state index is -0.823. The van der Waals surface area contributed by atoms with Crippen LogP contribution >= 0.6 is 0 Å². The van der Waals surface area contributed by atoms with Gasteiger partial charge in [-0.15, -0.1) is 0 Å². The molecule has 2 N–H and O–H groups in total. The molecule has 0 radical (unpaired) electrons. The normalized spacial score (nSPS) is 19.9. The summed E-state index contributed by atoms with van der Waals surface area (Å²) < 4.78 is 5.31. The minimum Gasteiger partial charge on any atom is -0.481 e. The standard InChI is InChI=1S/C12H22N2O4/c1-9(2)18-7-5-13-12(17)14-6-3-4-10(8-14)11(15)16/h9-10H,3-8H2,1-2H3,(H,13,17)(H,15,16). The average Bonchev–Trinajstić information content (AvgIpc) is 2.34. The summed E-state index contributed by atoms with van der Waals surface area (Å²) in [5.74, 6) is -1.26. The lowest BCUT2D eigenvalue weighted by molar-refractivity contribution is -0.143. The number of aliphatic carboxylic acids is 1. The predicted octanol–water partition coefficient (Wildman–Crippen LogP) is 0.918. The van der Waals surface area contributed by atoms with Gasteiger partial charge in [-0.25, -0.2) is 4.79 Å². The second-order valence-electron chi connectivity index (χ2n) is 4.77. The summed E-state index contributed by atoms with van der Waals surface area (Å²) in [6, 6.07) is -0.201. The first-order valence-corrected chi connectivity index (χ1v) is 6.38. The number of carboxylic acid groups (broad SMARTS) is 1. The van der Waals surface area contributed by atoms with Gasteiger partial charge >= 0.3 is 12.0 Å². The predicted molar refractivity (Wildman–Crippen MR) is 66.4 cm³/mol. The maximum absolute atomic E-state index is 11.8. The largest absolute Gasteiger partial charge is 0.481 e. The molecule has 0 aromatic heterocycles. The number of hydrogen-bond acceptors (Lipinski definition) is 3. The van der Waals surface area contributed by atoms with Gasteiger partial charge in [0.2, 0.25) is 0 Å². The maximum atomic E-state index is 11.8. The molecule has 0 saturated carbocycles. The van der Waals surface area contributed by atoms with E-state index >= 15 is 0 Å². The summed E-state index contributed by atoms with van der Waals surface area (Å²) in [7, 11) is 0. The van der Waals surface area contributed by atoms with Gasteiger partial charge in [-0.1, -0.05) is 0 Å². The zero-order chi connectivity index (χ0) is 13.5. The summed E-state index contributed by atoms with van der Waals surface area (Å²) in [4.78, 5) is 24.2. The molecule has 1 fully saturated rings. The molecule has 0 bridgehead atoms. The Morgan fingerprint density at radius 3 is 2.83 bits per heavy atom. The second-order valence-corrected chi connectivity index (χ2v) is 4.77. The highest BCUT2D eigenvalue weighted by molar-refractivity contribution is 5.76. The van der Waals surface area contributed by atoms with E-state index in [0.29, 0.717) is 32.7 Å². The van der Waals surface area contributed by atoms with E-state index in [2.05, 4.69) is 5.32 Å². The summed E-state index contributed by atoms with van der Waals surface area (Å²) >= 11 is 0. The van der Waals surface area contributed by atoms with Crippen LogP contribution < -0.4 is 5.32 Å². The van der Waals surface area contributed by atoms with Crippen molar-refractivity contribution in [1.82, 2.24) is 10.2 Å². The minimum absolute atomic E-state index is 0.147. The first kappa shape index (κ1) is 14.8. The van der Waals surface area contributed by atoms with Crippen molar-refractivity contribution in [2.24, 2.45) is 5.92 Å². The van der Waals surface area contributed by atoms with Crippen molar-refractivity contribution in [2.75, 3.05) is 26.2 Å². The topological polar surface area (TPSA) is 78.9 Å². The number of carbonyl (C=O) groups excluding carboxylic acids is 1. The summed E-state index contributed by atoms with van der Waals surface area (Å²) in [5, 5.41) is 11.7. The van der Waals surface area contributed by atoms with Gasteiger partial charge in [-0.3, -0.25) is 4.79 Å². The number of ether oxygens (including phenoxy) is 1. The molecule has 6 nitrogen and oxygen atoms in total. The molecule has 0 spiro atoms. The zero-order valence-corrected chi connectivity index (χ0v) is 11.0. The fourth-order valence-corrected chi connectivity index (χ4v) is 1.93. The number of amides is 2. The second kappa shape index (κ2) is 7.20. The molecule has 1 aliphatic heterocycles. The monoisotopic (exact) mass is 258 g/mol. The van der Waals surface area contributed by atoms with E-state index in [1.165, 1.54) is 0 Å². The van der Waals surface area contributed by atoms with Gasteiger partial charge in [0.25, 0.3) is 0 Å². The van der Waals surface area contributed by atoms with E-state index in [1.54, 1.807) is 4.90 Å². The lowest BCUT2D eigenvalue weighted by Gasteiger charge is -2.30. The summed E-state index contributed by atoms with van der Waals surface area (Å²) in [5.41, 5.74) is 0. The van der Waals surface area contributed by atoms with Crippen molar-refractivity contribution in [3.05, 3.63) is 0 Å². The molecule has 18 heavy (non-hydrogen) atoms. The lowest BCUT2D eigenvalue weighted by atomic mass is 9.99. The Labute approximate surface area is 107 Å². The van der Waals surface area contributed by atoms with Crippen LogP contribution in [-0.4, -0.2) is 54.4 Å². The van der Waals surface area contributed by atoms with Crippen molar-refractivity contribution in [3.8, 4) is 0 Å². The fourth-order valence-electron chi connectivity index (χ4n) is 1.93. The van der Waals surface area contributed by atoms with Crippen molar-refractivity contribution < 1.29 is 19.4 Å². The first-order chi connectivity index (χ1) is 8.50. The lowest BCUT2D eigenvalue weighted by Crippen LogP contribution is -2.47. The van der Waals surface area contributed by atoms with Crippen LogP contribution in [0.4, 0.5) is 4.79 Å². The molecule has 1 rings (SSSR count). The highest BCUT2D eigenvalue weighted by Crippen LogP contribution is 2.16. The molecule has 1 atom stereocenters. The van der Waals surface area contributed by atoms with Crippen LogP contribution in [0.2, 0.25) is 0 Å². The van der Waals surface area contributed by atoms with Gasteiger partial charge in [0, 0.05) is 19.6 Å². The van der Waals surface area contributed by atoms with E-state index in [9.17, 15) is 9.59 Å². The van der Waals surface area contributed by atoms with Gasteiger partial charge in [-0.05, 0) is 26.7 Å². The van der Waals surface area contributed by atoms with Gasteiger partial charge in [0.05, 0.1) is 18.6 Å². The molecule has 0 aliphatic carbocycles. The molecule has 6 heteroatoms. The Balaban J connectivity index is 2.26. The Bertz CT molecular complexity index is 294. The Morgan fingerprint density at radius 1 is 1.50 bits per heavy atom. The van der Waals surface area contributed by atoms with Gasteiger partial charge in [0.1, 0.15) is 0 Å². The zero-order valence-electron chi connectivity index (χ0n) is 11.0. The molecular formula is C12H22N2O4. The number of urea groups is 1. The smallest absolute Gasteiger partial charge is 0.317 e. The van der Waals surface area contributed by atoms with Gasteiger partial charge in [0.15, 0.2) is 0 Å². The number of rotatable bonds is 5. The number of hydrogen-bond donors (Lipinski definition) is 2. The molecule has 1 saturated heterocycles. The van der Waals surface area contributed by atoms with Crippen LogP contribution in [0.1, 0.15) is 26.7 Å². The van der Waals surface area contributed by atoms with E-state index in [4.69, 9.17) is 9.84 Å². The molecule has 2 amide bonds. The van der Waals surface area contributed by atoms with Crippen LogP contribution in [0.3, 0.4) is 0 Å². The van der Waals surface area contributed by atoms with E-state index in [1.807, 2.05) is 13.8 Å². The van der Waals surface area contributed by atoms with Gasteiger partial charge in [-0.2, -0.15) is 0 Å². The SMILES string of the molecule is CC(C)OCCNC(=O)N1CCCC(C(=O)O)C1. The van der Waals surface area contributed by atoms with E-state index < -0.39 is 11.9 Å². The molecule has 1 heterocycles. The van der Waals surface area contributed by atoms with Crippen molar-refractivity contribution in [1.29, 1.82) is 0 Å². The van der Waals surface area contributed by atoms with Crippen LogP contribution in [0.15, 0.2) is 0 Å². The van der Waals surface area contributed by atoms with Crippen LogP contribution in [0.5, 0.6) is 0 Å². The molecule has 1 aliphatic rings. The van der Waals surface area contributed by atoms with Gasteiger partial charge < -0.3 is 20.1 Å². The van der Waals surface area contributed by atoms with E-state index in [0.717, 1.165) is 6.42 Å². The number of nitrogens with zero attached hydrogens (tertiary/aromatic N) is 1. The van der Waals surface area contributed by atoms with Crippen LogP contribution in [-0.2, 0) is 9.53 Å². The summed E-state index contributed by atoms with van der Waals surface area (Å²) in [6.07, 6.45) is 1.54. The average molecular weight is 258 g/mol. The maximum Gasteiger partial charge on any atom is 0.317 e. The van der Waals surface area contributed by atoms with E-state index in [-0.39, 0.29) is 12.1 Å². The molecule has 1 unspecified atom stereocenters. The number of piperidine rings is 1.